The third kappa shape index (κ3) is 4.13. The molecule has 2 N–H and O–H groups in total. The van der Waals surface area contributed by atoms with Crippen LogP contribution in [0.1, 0.15) is 39.7 Å². The number of carbonyl (C=O) groups excluding carboxylic acids is 1. The molecule has 1 aliphatic heterocycles. The Kier molecular flexibility index (Phi) is 5.44. The lowest BCUT2D eigenvalue weighted by atomic mass is 10.1. The van der Waals surface area contributed by atoms with Crippen molar-refractivity contribution >= 4 is 17.2 Å². The van der Waals surface area contributed by atoms with Crippen LogP contribution in [0.15, 0.2) is 30.5 Å². The van der Waals surface area contributed by atoms with Gasteiger partial charge in [0.05, 0.1) is 11.8 Å². The number of nitrogens with zero attached hydrogens (tertiary/aromatic N) is 5. The zero-order chi connectivity index (χ0) is 23.1. The minimum atomic E-state index is -2.68. The lowest BCUT2D eigenvalue weighted by molar-refractivity contribution is 0.0925. The minimum Gasteiger partial charge on any atom is -0.347 e. The lowest BCUT2D eigenvalue weighted by Crippen LogP contribution is -2.40. The van der Waals surface area contributed by atoms with Crippen LogP contribution in [0.2, 0.25) is 0 Å². The number of aromatic nitrogens is 6. The van der Waals surface area contributed by atoms with Crippen molar-refractivity contribution in [1.29, 1.82) is 0 Å². The molecule has 0 saturated carbocycles. The number of H-pyrrole nitrogens is 1. The predicted molar refractivity (Wildman–Crippen MR) is 114 cm³/mol. The van der Waals surface area contributed by atoms with Gasteiger partial charge in [0.25, 0.3) is 12.3 Å². The van der Waals surface area contributed by atoms with Gasteiger partial charge in [0.15, 0.2) is 5.82 Å². The first-order valence-corrected chi connectivity index (χ1v) is 11.0. The molecule has 1 amide bonds. The zero-order valence-corrected chi connectivity index (χ0v) is 18.2. The van der Waals surface area contributed by atoms with Gasteiger partial charge in [-0.3, -0.25) is 9.89 Å². The summed E-state index contributed by atoms with van der Waals surface area (Å²) in [6, 6.07) is 5.76. The van der Waals surface area contributed by atoms with Crippen LogP contribution in [0.5, 0.6) is 0 Å². The summed E-state index contributed by atoms with van der Waals surface area (Å²) in [5, 5.41) is 14.3. The number of halogens is 3. The fourth-order valence-electron chi connectivity index (χ4n) is 3.75. The Bertz CT molecular complexity index is 1310. The van der Waals surface area contributed by atoms with E-state index >= 15 is 0 Å². The Morgan fingerprint density at radius 3 is 2.79 bits per heavy atom. The normalized spacial score (nSPS) is 15.6. The van der Waals surface area contributed by atoms with E-state index in [1.165, 1.54) is 18.3 Å². The van der Waals surface area contributed by atoms with E-state index in [1.54, 1.807) is 23.7 Å². The molecule has 0 aliphatic carbocycles. The first kappa shape index (κ1) is 21.3. The van der Waals surface area contributed by atoms with Gasteiger partial charge in [0, 0.05) is 29.4 Å². The van der Waals surface area contributed by atoms with E-state index in [4.69, 9.17) is 0 Å². The quantitative estimate of drug-likeness (QED) is 0.458. The lowest BCUT2D eigenvalue weighted by Gasteiger charge is -2.23. The molecule has 0 saturated heterocycles. The third-order valence-electron chi connectivity index (χ3n) is 5.44. The van der Waals surface area contributed by atoms with Crippen molar-refractivity contribution in [2.24, 2.45) is 0 Å². The van der Waals surface area contributed by atoms with Crippen LogP contribution in [0, 0.1) is 12.7 Å². The van der Waals surface area contributed by atoms with Crippen LogP contribution < -0.4 is 5.32 Å². The van der Waals surface area contributed by atoms with Gasteiger partial charge in [0.1, 0.15) is 28.0 Å². The highest BCUT2D eigenvalue weighted by Gasteiger charge is 2.27. The topological polar surface area (TPSA) is 101 Å². The van der Waals surface area contributed by atoms with Gasteiger partial charge in [-0.15, -0.1) is 11.3 Å². The van der Waals surface area contributed by atoms with Crippen molar-refractivity contribution < 1.29 is 18.0 Å². The van der Waals surface area contributed by atoms with E-state index < -0.39 is 12.3 Å². The minimum absolute atomic E-state index is 0.170. The first-order chi connectivity index (χ1) is 15.9. The maximum absolute atomic E-state index is 13.2. The van der Waals surface area contributed by atoms with E-state index in [-0.39, 0.29) is 23.2 Å². The molecule has 170 valence electrons. The number of alkyl halides is 2. The molecule has 4 aromatic rings. The average molecular weight is 473 g/mol. The second kappa shape index (κ2) is 8.43. The molecule has 4 heterocycles. The van der Waals surface area contributed by atoms with Gasteiger partial charge in [-0.25, -0.2) is 27.8 Å². The molecule has 0 radical (unpaired) electrons. The molecule has 1 aromatic carbocycles. The predicted octanol–water partition coefficient (Wildman–Crippen LogP) is 3.92. The van der Waals surface area contributed by atoms with E-state index in [0.717, 1.165) is 11.3 Å². The molecule has 8 nitrogen and oxygen atoms in total. The summed E-state index contributed by atoms with van der Waals surface area (Å²) >= 11 is 1.09. The standard InChI is InChI=1S/C21H18F3N7OS/c1-10-16(18(23)24)28-21(33-10)14-9-25-29-17(14)20(32)26-13-6-7-31-15(8-13)27-19(30-31)11-2-4-12(22)5-3-11/h2-5,9,13,18H,6-8H2,1H3,(H,25,29)(H,26,32). The number of aromatic amines is 1. The molecular weight excluding hydrogens is 455 g/mol. The van der Waals surface area contributed by atoms with Gasteiger partial charge in [0.2, 0.25) is 0 Å². The summed E-state index contributed by atoms with van der Waals surface area (Å²) in [4.78, 5) is 21.9. The van der Waals surface area contributed by atoms with E-state index in [9.17, 15) is 18.0 Å². The second-order valence-corrected chi connectivity index (χ2v) is 8.87. The number of thiazole rings is 1. The number of nitrogens with one attached hydrogen (secondary N) is 2. The Morgan fingerprint density at radius 1 is 1.27 bits per heavy atom. The molecule has 0 spiro atoms. The first-order valence-electron chi connectivity index (χ1n) is 10.2. The molecular formula is C21H18F3N7OS. The number of benzene rings is 1. The average Bonchev–Trinajstić information content (AvgIpc) is 3.51. The number of rotatable bonds is 5. The van der Waals surface area contributed by atoms with Crippen LogP contribution in [-0.4, -0.2) is 41.9 Å². The van der Waals surface area contributed by atoms with Crippen molar-refractivity contribution in [1.82, 2.24) is 35.3 Å². The van der Waals surface area contributed by atoms with Crippen LogP contribution >= 0.6 is 11.3 Å². The Balaban J connectivity index is 1.31. The largest absolute Gasteiger partial charge is 0.347 e. The number of amides is 1. The molecule has 1 unspecified atom stereocenters. The zero-order valence-electron chi connectivity index (χ0n) is 17.3. The number of hydrogen-bond acceptors (Lipinski definition) is 6. The Hall–Kier alpha value is -3.54. The SMILES string of the molecule is Cc1sc(-c2cn[nH]c2C(=O)NC2CCn3nc(-c4ccc(F)cc4)nc3C2)nc1C(F)F. The summed E-state index contributed by atoms with van der Waals surface area (Å²) in [5.74, 6) is 0.488. The summed E-state index contributed by atoms with van der Waals surface area (Å²) in [5.41, 5.74) is 0.975. The van der Waals surface area contributed by atoms with Gasteiger partial charge in [-0.2, -0.15) is 10.2 Å². The molecule has 0 bridgehead atoms. The number of fused-ring (bicyclic) bond motifs is 1. The number of hydrogen-bond donors (Lipinski definition) is 2. The molecule has 1 aliphatic rings. The summed E-state index contributed by atoms with van der Waals surface area (Å²) < 4.78 is 41.2. The third-order valence-corrected chi connectivity index (χ3v) is 6.46. The van der Waals surface area contributed by atoms with Crippen molar-refractivity contribution in [3.05, 3.63) is 58.4 Å². The molecule has 0 fully saturated rings. The van der Waals surface area contributed by atoms with E-state index in [2.05, 4.69) is 30.6 Å². The van der Waals surface area contributed by atoms with E-state index in [0.29, 0.717) is 52.0 Å². The van der Waals surface area contributed by atoms with Crippen LogP contribution in [0.4, 0.5) is 13.2 Å². The van der Waals surface area contributed by atoms with Crippen molar-refractivity contribution in [3.63, 3.8) is 0 Å². The van der Waals surface area contributed by atoms with Gasteiger partial charge in [-0.05, 0) is 37.6 Å². The number of carbonyl (C=O) groups is 1. The van der Waals surface area contributed by atoms with E-state index in [1.807, 2.05) is 0 Å². The van der Waals surface area contributed by atoms with Gasteiger partial charge >= 0.3 is 0 Å². The maximum atomic E-state index is 13.2. The summed E-state index contributed by atoms with van der Waals surface area (Å²) in [7, 11) is 0. The fourth-order valence-corrected chi connectivity index (χ4v) is 4.69. The maximum Gasteiger partial charge on any atom is 0.281 e. The highest BCUT2D eigenvalue weighted by atomic mass is 32.1. The Morgan fingerprint density at radius 2 is 2.06 bits per heavy atom. The smallest absolute Gasteiger partial charge is 0.281 e. The van der Waals surface area contributed by atoms with Crippen molar-refractivity contribution in [3.8, 4) is 22.0 Å². The Labute approximate surface area is 189 Å². The molecule has 5 rings (SSSR count). The molecule has 33 heavy (non-hydrogen) atoms. The van der Waals surface area contributed by atoms with Crippen molar-refractivity contribution in [2.75, 3.05) is 0 Å². The van der Waals surface area contributed by atoms with Gasteiger partial charge < -0.3 is 5.32 Å². The number of aryl methyl sites for hydroxylation is 2. The fraction of sp³-hybridized carbons (Fsp3) is 0.286. The molecule has 3 aromatic heterocycles. The van der Waals surface area contributed by atoms with Crippen LogP contribution in [0.3, 0.4) is 0 Å². The van der Waals surface area contributed by atoms with Crippen molar-refractivity contribution in [2.45, 2.75) is 38.8 Å². The van der Waals surface area contributed by atoms with Gasteiger partial charge in [-0.1, -0.05) is 0 Å². The highest BCUT2D eigenvalue weighted by Crippen LogP contribution is 2.33. The van der Waals surface area contributed by atoms with Crippen LogP contribution in [-0.2, 0) is 13.0 Å². The van der Waals surface area contributed by atoms with Crippen LogP contribution in [0.25, 0.3) is 22.0 Å². The molecule has 12 heteroatoms. The highest BCUT2D eigenvalue weighted by molar-refractivity contribution is 7.15. The molecule has 1 atom stereocenters. The monoisotopic (exact) mass is 473 g/mol. The second-order valence-electron chi connectivity index (χ2n) is 7.66. The summed E-state index contributed by atoms with van der Waals surface area (Å²) in [6.45, 7) is 2.13. The summed E-state index contributed by atoms with van der Waals surface area (Å²) in [6.07, 6.45) is -0.164.